The summed E-state index contributed by atoms with van der Waals surface area (Å²) in [4.78, 5) is 22.8. The maximum atomic E-state index is 11.5. The number of Topliss-reactive ketones (excluding diaryl/α,β-unsaturated/α-hetero) is 1. The molecule has 1 rings (SSSR count). The van der Waals surface area contributed by atoms with E-state index in [1.165, 1.54) is 0 Å². The fourth-order valence-corrected chi connectivity index (χ4v) is 1.44. The molecule has 0 saturated carbocycles. The number of ketones is 1. The monoisotopic (exact) mass is 246 g/mol. The minimum Gasteiger partial charge on any atom is -0.461 e. The number of hydrogen-bond donors (Lipinski definition) is 0. The Labute approximate surface area is 107 Å². The van der Waals surface area contributed by atoms with Crippen molar-refractivity contribution >= 4 is 17.8 Å². The van der Waals surface area contributed by atoms with Crippen molar-refractivity contribution in [1.82, 2.24) is 0 Å². The molecule has 3 heteroatoms. The molecule has 96 valence electrons. The SMILES string of the molecule is CCC(=O)C(C)C(=O)OC/C=C/c1ccccc1. The Morgan fingerprint density at radius 1 is 1.28 bits per heavy atom. The molecule has 0 fully saturated rings. The van der Waals surface area contributed by atoms with Gasteiger partial charge in [-0.2, -0.15) is 0 Å². The van der Waals surface area contributed by atoms with Gasteiger partial charge in [0.1, 0.15) is 18.3 Å². The molecule has 0 spiro atoms. The van der Waals surface area contributed by atoms with Crippen LogP contribution in [0.2, 0.25) is 0 Å². The van der Waals surface area contributed by atoms with Crippen molar-refractivity contribution in [2.75, 3.05) is 6.61 Å². The highest BCUT2D eigenvalue weighted by Crippen LogP contribution is 2.04. The molecule has 0 radical (unpaired) electrons. The van der Waals surface area contributed by atoms with Crippen LogP contribution in [0, 0.1) is 5.92 Å². The Balaban J connectivity index is 2.36. The van der Waals surface area contributed by atoms with Gasteiger partial charge in [0.05, 0.1) is 0 Å². The van der Waals surface area contributed by atoms with Crippen LogP contribution in [0.5, 0.6) is 0 Å². The van der Waals surface area contributed by atoms with Crippen LogP contribution in [0.4, 0.5) is 0 Å². The normalized spacial score (nSPS) is 12.3. The van der Waals surface area contributed by atoms with Gasteiger partial charge in [0.2, 0.25) is 0 Å². The fraction of sp³-hybridized carbons (Fsp3) is 0.333. The molecule has 3 nitrogen and oxygen atoms in total. The lowest BCUT2D eigenvalue weighted by molar-refractivity contribution is -0.150. The molecule has 1 unspecified atom stereocenters. The molecular weight excluding hydrogens is 228 g/mol. The van der Waals surface area contributed by atoms with Gasteiger partial charge in [-0.25, -0.2) is 0 Å². The van der Waals surface area contributed by atoms with E-state index < -0.39 is 11.9 Å². The maximum absolute atomic E-state index is 11.5. The smallest absolute Gasteiger partial charge is 0.316 e. The van der Waals surface area contributed by atoms with E-state index in [0.29, 0.717) is 6.42 Å². The van der Waals surface area contributed by atoms with Crippen molar-refractivity contribution in [2.24, 2.45) is 5.92 Å². The van der Waals surface area contributed by atoms with Gasteiger partial charge in [0, 0.05) is 6.42 Å². The van der Waals surface area contributed by atoms with Crippen molar-refractivity contribution in [3.63, 3.8) is 0 Å². The lowest BCUT2D eigenvalue weighted by Gasteiger charge is -2.07. The quantitative estimate of drug-likeness (QED) is 0.572. The van der Waals surface area contributed by atoms with E-state index in [2.05, 4.69) is 0 Å². The van der Waals surface area contributed by atoms with E-state index in [4.69, 9.17) is 4.74 Å². The fourth-order valence-electron chi connectivity index (χ4n) is 1.44. The van der Waals surface area contributed by atoms with E-state index in [0.717, 1.165) is 5.56 Å². The Bertz CT molecular complexity index is 421. The summed E-state index contributed by atoms with van der Waals surface area (Å²) in [6.45, 7) is 3.51. The molecular formula is C15H18O3. The predicted octanol–water partition coefficient (Wildman–Crippen LogP) is 2.86. The van der Waals surface area contributed by atoms with Gasteiger partial charge in [-0.3, -0.25) is 9.59 Å². The Morgan fingerprint density at radius 3 is 2.56 bits per heavy atom. The van der Waals surface area contributed by atoms with E-state index in [1.54, 1.807) is 19.9 Å². The molecule has 1 aromatic carbocycles. The third-order valence-corrected chi connectivity index (χ3v) is 2.62. The first kappa shape index (κ1) is 14.2. The summed E-state index contributed by atoms with van der Waals surface area (Å²) < 4.78 is 5.00. The van der Waals surface area contributed by atoms with Crippen molar-refractivity contribution < 1.29 is 14.3 Å². The summed E-state index contributed by atoms with van der Waals surface area (Å²) in [6.07, 6.45) is 3.99. The van der Waals surface area contributed by atoms with Crippen molar-refractivity contribution in [3.05, 3.63) is 42.0 Å². The van der Waals surface area contributed by atoms with Crippen LogP contribution < -0.4 is 0 Å². The molecule has 1 atom stereocenters. The molecule has 0 aromatic heterocycles. The number of hydrogen-bond acceptors (Lipinski definition) is 3. The van der Waals surface area contributed by atoms with Crippen LogP contribution in [0.3, 0.4) is 0 Å². The lowest BCUT2D eigenvalue weighted by Crippen LogP contribution is -2.22. The first-order valence-corrected chi connectivity index (χ1v) is 6.06. The minimum atomic E-state index is -0.667. The largest absolute Gasteiger partial charge is 0.461 e. The first-order chi connectivity index (χ1) is 8.65. The number of rotatable bonds is 6. The molecule has 0 aliphatic heterocycles. The second kappa shape index (κ2) is 7.43. The zero-order valence-corrected chi connectivity index (χ0v) is 10.8. The van der Waals surface area contributed by atoms with E-state index >= 15 is 0 Å². The molecule has 0 amide bonds. The zero-order chi connectivity index (χ0) is 13.4. The van der Waals surface area contributed by atoms with Gasteiger partial charge in [-0.05, 0) is 18.6 Å². The average molecular weight is 246 g/mol. The van der Waals surface area contributed by atoms with Crippen molar-refractivity contribution in [2.45, 2.75) is 20.3 Å². The van der Waals surface area contributed by atoms with Crippen LogP contribution in [-0.2, 0) is 14.3 Å². The van der Waals surface area contributed by atoms with Crippen LogP contribution in [0.25, 0.3) is 6.08 Å². The summed E-state index contributed by atoms with van der Waals surface area (Å²) in [7, 11) is 0. The van der Waals surface area contributed by atoms with E-state index in [9.17, 15) is 9.59 Å². The van der Waals surface area contributed by atoms with E-state index in [1.807, 2.05) is 36.4 Å². The Morgan fingerprint density at radius 2 is 1.94 bits per heavy atom. The third-order valence-electron chi connectivity index (χ3n) is 2.62. The predicted molar refractivity (Wildman–Crippen MR) is 70.9 cm³/mol. The highest BCUT2D eigenvalue weighted by atomic mass is 16.5. The highest BCUT2D eigenvalue weighted by Gasteiger charge is 2.20. The summed E-state index contributed by atoms with van der Waals surface area (Å²) in [5.41, 5.74) is 1.05. The number of ether oxygens (including phenoxy) is 1. The second-order valence-electron chi connectivity index (χ2n) is 3.98. The van der Waals surface area contributed by atoms with Gasteiger partial charge >= 0.3 is 5.97 Å². The van der Waals surface area contributed by atoms with Crippen LogP contribution >= 0.6 is 0 Å². The van der Waals surface area contributed by atoms with Crippen LogP contribution in [-0.4, -0.2) is 18.4 Å². The standard InChI is InChI=1S/C15H18O3/c1-3-14(16)12(2)15(17)18-11-7-10-13-8-5-4-6-9-13/h4-10,12H,3,11H2,1-2H3/b10-7+. The van der Waals surface area contributed by atoms with Gasteiger partial charge in [-0.15, -0.1) is 0 Å². The third kappa shape index (κ3) is 4.53. The average Bonchev–Trinajstić information content (AvgIpc) is 2.42. The first-order valence-electron chi connectivity index (χ1n) is 6.06. The second-order valence-corrected chi connectivity index (χ2v) is 3.98. The Hall–Kier alpha value is -1.90. The molecule has 0 aliphatic rings. The molecule has 0 N–H and O–H groups in total. The van der Waals surface area contributed by atoms with E-state index in [-0.39, 0.29) is 12.4 Å². The van der Waals surface area contributed by atoms with Gasteiger partial charge < -0.3 is 4.74 Å². The molecule has 18 heavy (non-hydrogen) atoms. The number of carbonyl (C=O) groups excluding carboxylic acids is 2. The number of esters is 1. The van der Waals surface area contributed by atoms with Gasteiger partial charge in [-0.1, -0.05) is 43.3 Å². The molecule has 0 heterocycles. The lowest BCUT2D eigenvalue weighted by atomic mass is 10.1. The minimum absolute atomic E-state index is 0.0907. The Kier molecular flexibility index (Phi) is 5.85. The molecule has 0 aliphatic carbocycles. The van der Waals surface area contributed by atoms with Crippen LogP contribution in [0.1, 0.15) is 25.8 Å². The maximum Gasteiger partial charge on any atom is 0.316 e. The summed E-state index contributed by atoms with van der Waals surface area (Å²) in [5, 5.41) is 0. The summed E-state index contributed by atoms with van der Waals surface area (Å²) >= 11 is 0. The highest BCUT2D eigenvalue weighted by molar-refractivity contribution is 5.98. The van der Waals surface area contributed by atoms with Crippen molar-refractivity contribution in [1.29, 1.82) is 0 Å². The van der Waals surface area contributed by atoms with Crippen LogP contribution in [0.15, 0.2) is 36.4 Å². The number of carbonyl (C=O) groups is 2. The number of benzene rings is 1. The molecule has 1 aromatic rings. The van der Waals surface area contributed by atoms with Crippen molar-refractivity contribution in [3.8, 4) is 0 Å². The molecule has 0 bridgehead atoms. The topological polar surface area (TPSA) is 43.4 Å². The van der Waals surface area contributed by atoms with Gasteiger partial charge in [0.15, 0.2) is 0 Å². The zero-order valence-electron chi connectivity index (χ0n) is 10.8. The summed E-state index contributed by atoms with van der Waals surface area (Å²) in [5.74, 6) is -1.22. The summed E-state index contributed by atoms with van der Waals surface area (Å²) in [6, 6.07) is 9.74. The molecule has 0 saturated heterocycles. The van der Waals surface area contributed by atoms with Gasteiger partial charge in [0.25, 0.3) is 0 Å².